The summed E-state index contributed by atoms with van der Waals surface area (Å²) in [5.41, 5.74) is 6.54. The van der Waals surface area contributed by atoms with Crippen LogP contribution in [0.25, 0.3) is 34.1 Å². The molecule has 0 saturated carbocycles. The van der Waals surface area contributed by atoms with Crippen LogP contribution in [0, 0.1) is 27.7 Å². The van der Waals surface area contributed by atoms with Gasteiger partial charge in [-0.15, -0.1) is 0 Å². The van der Waals surface area contributed by atoms with E-state index in [9.17, 15) is 9.90 Å². The Labute approximate surface area is 214 Å². The molecule has 0 radical (unpaired) electrons. The monoisotopic (exact) mass is 496 g/mol. The molecule has 8 nitrogen and oxygen atoms in total. The Morgan fingerprint density at radius 3 is 2.51 bits per heavy atom. The first-order chi connectivity index (χ1) is 17.8. The van der Waals surface area contributed by atoms with Gasteiger partial charge in [0.15, 0.2) is 5.76 Å². The van der Waals surface area contributed by atoms with Crippen LogP contribution in [0.4, 0.5) is 0 Å². The third-order valence-corrected chi connectivity index (χ3v) is 6.73. The maximum absolute atomic E-state index is 12.4. The minimum Gasteiger partial charge on any atom is -0.501 e. The maximum atomic E-state index is 12.4. The number of hydrogen-bond donors (Lipinski definition) is 2. The number of aromatic nitrogens is 4. The van der Waals surface area contributed by atoms with Crippen molar-refractivity contribution < 1.29 is 14.3 Å². The van der Waals surface area contributed by atoms with Crippen molar-refractivity contribution in [2.45, 2.75) is 34.2 Å². The van der Waals surface area contributed by atoms with E-state index in [1.54, 1.807) is 20.2 Å². The molecule has 0 aliphatic heterocycles. The molecule has 0 amide bonds. The summed E-state index contributed by atoms with van der Waals surface area (Å²) in [5.74, 6) is 1.30. The molecule has 37 heavy (non-hydrogen) atoms. The van der Waals surface area contributed by atoms with Crippen molar-refractivity contribution in [3.8, 4) is 45.6 Å². The lowest BCUT2D eigenvalue weighted by Gasteiger charge is -2.09. The first-order valence-electron chi connectivity index (χ1n) is 11.9. The lowest BCUT2D eigenvalue weighted by Crippen LogP contribution is -2.04. The van der Waals surface area contributed by atoms with Gasteiger partial charge in [0, 0.05) is 47.5 Å². The number of rotatable bonds is 6. The minimum absolute atomic E-state index is 0.0522. The van der Waals surface area contributed by atoms with Crippen LogP contribution in [0.1, 0.15) is 28.3 Å². The molecular formula is C29H28N4O4. The number of nitrogens with one attached hydrogen (secondary N) is 1. The zero-order chi connectivity index (χ0) is 26.3. The van der Waals surface area contributed by atoms with E-state index in [2.05, 4.69) is 41.4 Å². The number of hydrogen-bond acceptors (Lipinski definition) is 6. The van der Waals surface area contributed by atoms with Gasteiger partial charge in [0.05, 0.1) is 7.11 Å². The molecule has 4 heterocycles. The van der Waals surface area contributed by atoms with Crippen LogP contribution in [0.15, 0.2) is 64.1 Å². The van der Waals surface area contributed by atoms with E-state index >= 15 is 0 Å². The van der Waals surface area contributed by atoms with Crippen molar-refractivity contribution >= 4 is 0 Å². The number of pyridine rings is 1. The molecular weight excluding hydrogens is 468 g/mol. The quantitative estimate of drug-likeness (QED) is 0.319. The van der Waals surface area contributed by atoms with E-state index in [4.69, 9.17) is 14.1 Å². The number of H-pyrrole nitrogens is 1. The highest BCUT2D eigenvalue weighted by Gasteiger charge is 2.25. The molecule has 0 spiro atoms. The fourth-order valence-corrected chi connectivity index (χ4v) is 4.69. The van der Waals surface area contributed by atoms with E-state index in [1.165, 1.54) is 6.07 Å². The van der Waals surface area contributed by atoms with Crippen LogP contribution in [0.2, 0.25) is 0 Å². The largest absolute Gasteiger partial charge is 0.501 e. The standard InChI is InChI=1S/C29H28N4O4/c1-16-13-23(34)27(35)28(37-16)26-25(21-8-10-22(36-5)11-9-21)31-29(32-26)24-17(2)18(3)33(19(24)4)15-20-7-6-12-30-14-20/h6-14,35H,15H2,1-5H3,(H,31,32). The number of ether oxygens (including phenoxy) is 1. The highest BCUT2D eigenvalue weighted by Crippen LogP contribution is 2.39. The van der Waals surface area contributed by atoms with Gasteiger partial charge in [-0.1, -0.05) is 6.07 Å². The molecule has 8 heteroatoms. The highest BCUT2D eigenvalue weighted by atomic mass is 16.5. The van der Waals surface area contributed by atoms with E-state index in [-0.39, 0.29) is 5.76 Å². The number of benzene rings is 1. The summed E-state index contributed by atoms with van der Waals surface area (Å²) in [6, 6.07) is 12.7. The van der Waals surface area contributed by atoms with Crippen LogP contribution < -0.4 is 10.2 Å². The second-order valence-electron chi connectivity index (χ2n) is 9.05. The van der Waals surface area contributed by atoms with Crippen molar-refractivity contribution in [1.29, 1.82) is 0 Å². The third kappa shape index (κ3) is 4.31. The summed E-state index contributed by atoms with van der Waals surface area (Å²) in [7, 11) is 1.61. The molecule has 4 aromatic heterocycles. The van der Waals surface area contributed by atoms with Gasteiger partial charge in [-0.3, -0.25) is 9.78 Å². The lowest BCUT2D eigenvalue weighted by atomic mass is 10.1. The predicted molar refractivity (Wildman–Crippen MR) is 142 cm³/mol. The van der Waals surface area contributed by atoms with Crippen LogP contribution in [-0.2, 0) is 6.54 Å². The highest BCUT2D eigenvalue weighted by molar-refractivity contribution is 5.82. The number of aromatic amines is 1. The third-order valence-electron chi connectivity index (χ3n) is 6.73. The van der Waals surface area contributed by atoms with Gasteiger partial charge < -0.3 is 23.8 Å². The van der Waals surface area contributed by atoms with Gasteiger partial charge in [-0.05, 0) is 69.2 Å². The van der Waals surface area contributed by atoms with Gasteiger partial charge in [0.1, 0.15) is 28.7 Å². The van der Waals surface area contributed by atoms with Gasteiger partial charge in [-0.25, -0.2) is 4.98 Å². The average molecular weight is 497 g/mol. The van der Waals surface area contributed by atoms with E-state index in [0.29, 0.717) is 35.3 Å². The molecule has 2 N–H and O–H groups in total. The van der Waals surface area contributed by atoms with Crippen LogP contribution in [0.3, 0.4) is 0 Å². The lowest BCUT2D eigenvalue weighted by molar-refractivity contribution is 0.415. The topological polar surface area (TPSA) is 106 Å². The molecule has 5 rings (SSSR count). The van der Waals surface area contributed by atoms with Crippen molar-refractivity contribution in [2.24, 2.45) is 0 Å². The first-order valence-corrected chi connectivity index (χ1v) is 11.9. The molecule has 0 aliphatic rings. The summed E-state index contributed by atoms with van der Waals surface area (Å²) >= 11 is 0. The van der Waals surface area contributed by atoms with Crippen molar-refractivity contribution in [1.82, 2.24) is 19.5 Å². The van der Waals surface area contributed by atoms with Gasteiger partial charge in [0.25, 0.3) is 0 Å². The zero-order valence-electron chi connectivity index (χ0n) is 21.4. The van der Waals surface area contributed by atoms with E-state index in [0.717, 1.165) is 33.6 Å². The number of methoxy groups -OCH3 is 1. The molecule has 0 aliphatic carbocycles. The van der Waals surface area contributed by atoms with Crippen molar-refractivity contribution in [2.75, 3.05) is 7.11 Å². The Bertz CT molecular complexity index is 1640. The maximum Gasteiger partial charge on any atom is 0.227 e. The molecule has 0 bridgehead atoms. The number of imidazole rings is 1. The SMILES string of the molecule is COc1ccc(-c2nc(-c3c(C)c(C)n(Cc4cccnc4)c3C)[nH]c2-c2oc(C)cc(=O)c2O)cc1. The van der Waals surface area contributed by atoms with Crippen LogP contribution >= 0.6 is 0 Å². The summed E-state index contributed by atoms with van der Waals surface area (Å²) in [4.78, 5) is 25.0. The van der Waals surface area contributed by atoms with Crippen LogP contribution in [0.5, 0.6) is 11.5 Å². The zero-order valence-corrected chi connectivity index (χ0v) is 21.4. The fourth-order valence-electron chi connectivity index (χ4n) is 4.69. The van der Waals surface area contributed by atoms with E-state index < -0.39 is 11.2 Å². The number of nitrogens with zero attached hydrogens (tertiary/aromatic N) is 3. The average Bonchev–Trinajstić information content (AvgIpc) is 3.41. The second-order valence-corrected chi connectivity index (χ2v) is 9.05. The van der Waals surface area contributed by atoms with Gasteiger partial charge >= 0.3 is 0 Å². The minimum atomic E-state index is -0.513. The van der Waals surface area contributed by atoms with Crippen molar-refractivity contribution in [3.05, 3.63) is 93.4 Å². The van der Waals surface area contributed by atoms with Gasteiger partial charge in [0.2, 0.25) is 11.2 Å². The Kier molecular flexibility index (Phi) is 6.17. The molecule has 5 aromatic rings. The van der Waals surface area contributed by atoms with Gasteiger partial charge in [-0.2, -0.15) is 0 Å². The fraction of sp³-hybridized carbons (Fsp3) is 0.207. The molecule has 0 atom stereocenters. The summed E-state index contributed by atoms with van der Waals surface area (Å²) in [6.45, 7) is 8.56. The normalized spacial score (nSPS) is 11.2. The Morgan fingerprint density at radius 1 is 1.08 bits per heavy atom. The first kappa shape index (κ1) is 24.1. The van der Waals surface area contributed by atoms with Crippen molar-refractivity contribution in [3.63, 3.8) is 0 Å². The molecule has 0 unspecified atom stereocenters. The molecule has 188 valence electrons. The Hall–Kier alpha value is -4.59. The van der Waals surface area contributed by atoms with E-state index in [1.807, 2.05) is 36.5 Å². The Morgan fingerprint density at radius 2 is 1.84 bits per heavy atom. The molecule has 0 saturated heterocycles. The summed E-state index contributed by atoms with van der Waals surface area (Å²) in [6.07, 6.45) is 3.63. The summed E-state index contributed by atoms with van der Waals surface area (Å²) < 4.78 is 13.4. The molecule has 0 fully saturated rings. The second kappa shape index (κ2) is 9.46. The molecule has 1 aromatic carbocycles. The van der Waals surface area contributed by atoms with Crippen LogP contribution in [-0.4, -0.2) is 31.7 Å². The Balaban J connectivity index is 1.71. The number of aromatic hydroxyl groups is 1. The number of aryl methyl sites for hydroxylation is 1. The smallest absolute Gasteiger partial charge is 0.227 e. The summed E-state index contributed by atoms with van der Waals surface area (Å²) in [5, 5.41) is 10.6. The predicted octanol–water partition coefficient (Wildman–Crippen LogP) is 5.56.